The summed E-state index contributed by atoms with van der Waals surface area (Å²) in [5, 5.41) is 0. The molecule has 0 aromatic heterocycles. The Labute approximate surface area is 104 Å². The zero-order valence-corrected chi connectivity index (χ0v) is 10.6. The number of carbonyl (C=O) groups is 1. The molecular weight excluding hydrogens is 208 g/mol. The van der Waals surface area contributed by atoms with Gasteiger partial charge in [-0.3, -0.25) is 4.79 Å². The van der Waals surface area contributed by atoms with Crippen LogP contribution in [0.15, 0.2) is 0 Å². The molecule has 0 aromatic carbocycles. The zero-order chi connectivity index (χ0) is 11.9. The van der Waals surface area contributed by atoms with E-state index < -0.39 is 0 Å². The van der Waals surface area contributed by atoms with Gasteiger partial charge in [-0.1, -0.05) is 0 Å². The van der Waals surface area contributed by atoms with Crippen LogP contribution in [0.4, 0.5) is 0 Å². The maximum atomic E-state index is 12.5. The first-order valence-electron chi connectivity index (χ1n) is 7.18. The molecule has 4 bridgehead atoms. The Balaban J connectivity index is 1.69. The smallest absolute Gasteiger partial charge is 0.139 e. The van der Waals surface area contributed by atoms with Gasteiger partial charge < -0.3 is 0 Å². The molecule has 0 heterocycles. The summed E-state index contributed by atoms with van der Waals surface area (Å²) in [4.78, 5) is 12.5. The lowest BCUT2D eigenvalue weighted by atomic mass is 9.48. The van der Waals surface area contributed by atoms with Gasteiger partial charge in [0.2, 0.25) is 0 Å². The molecule has 4 rings (SSSR count). The minimum absolute atomic E-state index is 0.101. The highest BCUT2D eigenvalue weighted by molar-refractivity contribution is 5.85. The Hall–Kier alpha value is -0.770. The summed E-state index contributed by atoms with van der Waals surface area (Å²) in [7, 11) is 0. The molecule has 17 heavy (non-hydrogen) atoms. The van der Waals surface area contributed by atoms with Gasteiger partial charge >= 0.3 is 0 Å². The van der Waals surface area contributed by atoms with Gasteiger partial charge in [-0.05, 0) is 62.7 Å². The minimum Gasteiger partial charge on any atom is -0.299 e. The summed E-state index contributed by atoms with van der Waals surface area (Å²) in [5.74, 6) is 5.81. The molecule has 4 aliphatic carbocycles. The van der Waals surface area contributed by atoms with Gasteiger partial charge in [0, 0.05) is 18.3 Å². The van der Waals surface area contributed by atoms with E-state index in [2.05, 4.69) is 5.92 Å². The van der Waals surface area contributed by atoms with Crippen molar-refractivity contribution in [3.8, 4) is 12.3 Å². The molecule has 92 valence electrons. The van der Waals surface area contributed by atoms with Gasteiger partial charge in [0.05, 0.1) is 0 Å². The van der Waals surface area contributed by atoms with E-state index in [1.165, 1.54) is 38.5 Å². The fraction of sp³-hybridized carbons (Fsp3) is 0.812. The minimum atomic E-state index is 0.101. The monoisotopic (exact) mass is 230 g/mol. The van der Waals surface area contributed by atoms with Gasteiger partial charge in [-0.2, -0.15) is 0 Å². The fourth-order valence-corrected chi connectivity index (χ4v) is 5.07. The highest BCUT2D eigenvalue weighted by atomic mass is 16.1. The highest BCUT2D eigenvalue weighted by Crippen LogP contribution is 2.60. The molecule has 0 N–H and O–H groups in total. The van der Waals surface area contributed by atoms with Crippen molar-refractivity contribution in [2.24, 2.45) is 23.2 Å². The summed E-state index contributed by atoms with van der Waals surface area (Å²) in [5.41, 5.74) is 0.101. The van der Waals surface area contributed by atoms with Crippen LogP contribution < -0.4 is 0 Å². The van der Waals surface area contributed by atoms with Crippen molar-refractivity contribution in [1.29, 1.82) is 0 Å². The first kappa shape index (κ1) is 11.3. The lowest BCUT2D eigenvalue weighted by Gasteiger charge is -2.56. The van der Waals surface area contributed by atoms with Crippen LogP contribution in [-0.2, 0) is 4.79 Å². The van der Waals surface area contributed by atoms with Crippen molar-refractivity contribution in [1.82, 2.24) is 0 Å². The topological polar surface area (TPSA) is 17.1 Å². The number of rotatable bonds is 4. The van der Waals surface area contributed by atoms with E-state index in [1.807, 2.05) is 0 Å². The number of terminal acetylenes is 1. The summed E-state index contributed by atoms with van der Waals surface area (Å²) < 4.78 is 0. The maximum Gasteiger partial charge on any atom is 0.139 e. The van der Waals surface area contributed by atoms with Gasteiger partial charge in [0.1, 0.15) is 5.78 Å². The van der Waals surface area contributed by atoms with E-state index in [-0.39, 0.29) is 5.41 Å². The molecule has 0 atom stereocenters. The van der Waals surface area contributed by atoms with E-state index >= 15 is 0 Å². The molecule has 1 heteroatoms. The van der Waals surface area contributed by atoms with E-state index in [1.54, 1.807) is 0 Å². The Kier molecular flexibility index (Phi) is 2.77. The van der Waals surface area contributed by atoms with Crippen molar-refractivity contribution in [2.45, 2.75) is 57.8 Å². The number of hydrogen-bond donors (Lipinski definition) is 0. The number of Topliss-reactive ketones (excluding diaryl/α,β-unsaturated/α-hetero) is 1. The maximum absolute atomic E-state index is 12.5. The molecule has 0 aromatic rings. The van der Waals surface area contributed by atoms with Crippen LogP contribution in [0.5, 0.6) is 0 Å². The van der Waals surface area contributed by atoms with Gasteiger partial charge in [-0.15, -0.1) is 12.3 Å². The number of unbranched alkanes of at least 4 members (excludes halogenated alkanes) is 1. The summed E-state index contributed by atoms with van der Waals surface area (Å²) in [6.07, 6.45) is 15.5. The Morgan fingerprint density at radius 1 is 1.12 bits per heavy atom. The summed E-state index contributed by atoms with van der Waals surface area (Å²) in [6, 6.07) is 0. The Morgan fingerprint density at radius 3 is 2.12 bits per heavy atom. The average molecular weight is 230 g/mol. The molecule has 1 nitrogen and oxygen atoms in total. The van der Waals surface area contributed by atoms with E-state index in [0.717, 1.165) is 37.0 Å². The SMILES string of the molecule is C#CCCCC(=O)C12CC3CC(CC(C3)C1)C2. The van der Waals surface area contributed by atoms with E-state index in [0.29, 0.717) is 5.78 Å². The van der Waals surface area contributed by atoms with Crippen LogP contribution in [0.2, 0.25) is 0 Å². The third-order valence-corrected chi connectivity index (χ3v) is 5.35. The Bertz CT molecular complexity index is 325. The zero-order valence-electron chi connectivity index (χ0n) is 10.6. The fourth-order valence-electron chi connectivity index (χ4n) is 5.07. The van der Waals surface area contributed by atoms with Crippen LogP contribution in [0.25, 0.3) is 0 Å². The van der Waals surface area contributed by atoms with Gasteiger partial charge in [-0.25, -0.2) is 0 Å². The lowest BCUT2D eigenvalue weighted by molar-refractivity contribution is -0.143. The van der Waals surface area contributed by atoms with Crippen molar-refractivity contribution >= 4 is 5.78 Å². The highest BCUT2D eigenvalue weighted by Gasteiger charge is 2.53. The molecule has 0 unspecified atom stereocenters. The number of carbonyl (C=O) groups excluding carboxylic acids is 1. The molecule has 0 amide bonds. The first-order chi connectivity index (χ1) is 8.22. The molecule has 0 aliphatic heterocycles. The third kappa shape index (κ3) is 1.92. The Morgan fingerprint density at radius 2 is 1.65 bits per heavy atom. The largest absolute Gasteiger partial charge is 0.299 e. The second-order valence-electron chi connectivity index (χ2n) is 6.68. The van der Waals surface area contributed by atoms with Crippen molar-refractivity contribution in [2.75, 3.05) is 0 Å². The van der Waals surface area contributed by atoms with E-state index in [9.17, 15) is 4.79 Å². The molecular formula is C16H22O. The van der Waals surface area contributed by atoms with Crippen molar-refractivity contribution in [3.05, 3.63) is 0 Å². The van der Waals surface area contributed by atoms with Crippen LogP contribution >= 0.6 is 0 Å². The molecule has 4 aliphatic rings. The third-order valence-electron chi connectivity index (χ3n) is 5.35. The summed E-state index contributed by atoms with van der Waals surface area (Å²) in [6.45, 7) is 0. The van der Waals surface area contributed by atoms with Gasteiger partial charge in [0.25, 0.3) is 0 Å². The lowest BCUT2D eigenvalue weighted by Crippen LogP contribution is -2.49. The van der Waals surface area contributed by atoms with Crippen LogP contribution in [-0.4, -0.2) is 5.78 Å². The number of ketones is 1. The molecule has 0 spiro atoms. The predicted octanol–water partition coefficient (Wildman–Crippen LogP) is 3.58. The number of hydrogen-bond acceptors (Lipinski definition) is 1. The quantitative estimate of drug-likeness (QED) is 0.533. The normalized spacial score (nSPS) is 42.4. The average Bonchev–Trinajstić information content (AvgIpc) is 2.27. The van der Waals surface area contributed by atoms with Crippen molar-refractivity contribution < 1.29 is 4.79 Å². The predicted molar refractivity (Wildman–Crippen MR) is 68.3 cm³/mol. The first-order valence-corrected chi connectivity index (χ1v) is 7.18. The van der Waals surface area contributed by atoms with Crippen LogP contribution in [0, 0.1) is 35.5 Å². The van der Waals surface area contributed by atoms with Crippen molar-refractivity contribution in [3.63, 3.8) is 0 Å². The van der Waals surface area contributed by atoms with Gasteiger partial charge in [0.15, 0.2) is 0 Å². The van der Waals surface area contributed by atoms with E-state index in [4.69, 9.17) is 6.42 Å². The van der Waals surface area contributed by atoms with Crippen LogP contribution in [0.1, 0.15) is 57.8 Å². The second-order valence-corrected chi connectivity index (χ2v) is 6.68. The molecule has 4 saturated carbocycles. The molecule has 0 radical (unpaired) electrons. The molecule has 0 saturated heterocycles. The van der Waals surface area contributed by atoms with Crippen LogP contribution in [0.3, 0.4) is 0 Å². The summed E-state index contributed by atoms with van der Waals surface area (Å²) >= 11 is 0. The standard InChI is InChI=1S/C16H22O/c1-2-3-4-5-15(17)16-9-12-6-13(10-16)8-14(7-12)11-16/h1,12-14H,3-11H2. The molecule has 4 fully saturated rings. The second kappa shape index (κ2) is 4.16.